The molecule has 2 heteroatoms. The van der Waals surface area contributed by atoms with Crippen molar-refractivity contribution in [3.05, 3.63) is 71.8 Å². The lowest BCUT2D eigenvalue weighted by atomic mass is 9.78. The van der Waals surface area contributed by atoms with Crippen LogP contribution in [0.1, 0.15) is 25.0 Å². The lowest BCUT2D eigenvalue weighted by Gasteiger charge is -2.42. The van der Waals surface area contributed by atoms with Crippen LogP contribution in [-0.4, -0.2) is 0 Å². The molecule has 2 rings (SSSR count). The summed E-state index contributed by atoms with van der Waals surface area (Å²) in [4.78, 5) is -0.0738. The highest BCUT2D eigenvalue weighted by molar-refractivity contribution is 7.39. The van der Waals surface area contributed by atoms with E-state index in [-0.39, 0.29) is 10.3 Å². The van der Waals surface area contributed by atoms with Gasteiger partial charge in [0.2, 0.25) is 0 Å². The van der Waals surface area contributed by atoms with Crippen molar-refractivity contribution in [2.75, 3.05) is 0 Å². The van der Waals surface area contributed by atoms with Crippen molar-refractivity contribution in [3.63, 3.8) is 0 Å². The molecule has 2 aromatic rings. The van der Waals surface area contributed by atoms with Crippen LogP contribution in [0.3, 0.4) is 0 Å². The Morgan fingerprint density at radius 3 is 1.50 bits per heavy atom. The number of rotatable bonds is 3. The van der Waals surface area contributed by atoms with E-state index in [4.69, 9.17) is 0 Å². The first-order valence-corrected chi connectivity index (χ1v) is 7.30. The number of benzene rings is 2. The van der Waals surface area contributed by atoms with Gasteiger partial charge < -0.3 is 0 Å². The van der Waals surface area contributed by atoms with Gasteiger partial charge in [-0.1, -0.05) is 74.5 Å². The van der Waals surface area contributed by atoms with Gasteiger partial charge in [-0.3, -0.25) is 0 Å². The Morgan fingerprint density at radius 1 is 0.667 bits per heavy atom. The highest BCUT2D eigenvalue weighted by Gasteiger charge is 2.39. The van der Waals surface area contributed by atoms with E-state index in [2.05, 4.69) is 93.0 Å². The van der Waals surface area contributed by atoms with Crippen LogP contribution in [0.25, 0.3) is 0 Å². The maximum Gasteiger partial charge on any atom is 0.0328 e. The maximum absolute atomic E-state index is 3.01. The normalized spacial score (nSPS) is 12.4. The van der Waals surface area contributed by atoms with Crippen molar-refractivity contribution >= 4 is 18.5 Å². The molecule has 0 nitrogen and oxygen atoms in total. The summed E-state index contributed by atoms with van der Waals surface area (Å²) in [6.07, 6.45) is 0. The van der Waals surface area contributed by atoms with Gasteiger partial charge in [-0.25, -0.2) is 0 Å². The summed E-state index contributed by atoms with van der Waals surface area (Å²) in [6.45, 7) is 4.57. The Bertz CT molecular complexity index is 452. The first-order chi connectivity index (χ1) is 8.46. The van der Waals surface area contributed by atoms with Gasteiger partial charge in [0.25, 0.3) is 0 Å². The molecule has 0 aliphatic rings. The fourth-order valence-corrected chi connectivity index (χ4v) is 2.89. The van der Waals surface area contributed by atoms with Gasteiger partial charge in [0, 0.05) is 10.3 Å². The zero-order chi connectivity index (χ0) is 13.2. The molecule has 0 aromatic heterocycles. The molecule has 0 N–H and O–H groups in total. The van der Waals surface area contributed by atoms with Crippen LogP contribution >= 0.6 is 18.5 Å². The van der Waals surface area contributed by atoms with Crippen LogP contribution in [0.15, 0.2) is 60.7 Å². The molecular formula is C16H20P2. The summed E-state index contributed by atoms with van der Waals surface area (Å²) < 4.78 is 0. The minimum absolute atomic E-state index is 0.0188. The summed E-state index contributed by atoms with van der Waals surface area (Å²) in [5.74, 6) is 0. The molecule has 0 heterocycles. The zero-order valence-corrected chi connectivity index (χ0v) is 13.2. The van der Waals surface area contributed by atoms with E-state index in [0.29, 0.717) is 0 Å². The van der Waals surface area contributed by atoms with Crippen molar-refractivity contribution in [2.45, 2.75) is 24.2 Å². The predicted octanol–water partition coefficient (Wildman–Crippen LogP) is 4.57. The Labute approximate surface area is 115 Å². The lowest BCUT2D eigenvalue weighted by Crippen LogP contribution is -2.35. The second-order valence-electron chi connectivity index (χ2n) is 5.23. The smallest absolute Gasteiger partial charge is 0.0328 e. The van der Waals surface area contributed by atoms with E-state index < -0.39 is 0 Å². The molecule has 2 atom stereocenters. The predicted molar refractivity (Wildman–Crippen MR) is 87.0 cm³/mol. The third-order valence-corrected chi connectivity index (χ3v) is 5.89. The minimum Gasteiger partial charge on any atom is -0.121 e. The van der Waals surface area contributed by atoms with E-state index >= 15 is 0 Å². The molecule has 18 heavy (non-hydrogen) atoms. The van der Waals surface area contributed by atoms with Crippen LogP contribution in [0.4, 0.5) is 0 Å². The van der Waals surface area contributed by atoms with Gasteiger partial charge in [-0.15, -0.1) is 18.5 Å². The summed E-state index contributed by atoms with van der Waals surface area (Å²) in [5, 5.41) is 0. The van der Waals surface area contributed by atoms with E-state index in [0.717, 1.165) is 0 Å². The third kappa shape index (κ3) is 2.37. The summed E-state index contributed by atoms with van der Waals surface area (Å²) >= 11 is 0. The fraction of sp³-hybridized carbons (Fsp3) is 0.250. The Morgan fingerprint density at radius 2 is 1.06 bits per heavy atom. The molecule has 0 saturated carbocycles. The summed E-state index contributed by atoms with van der Waals surface area (Å²) in [5.41, 5.74) is 2.68. The Kier molecular flexibility index (Phi) is 3.90. The fourth-order valence-electron chi connectivity index (χ4n) is 2.17. The standard InChI is InChI=1S/C16H20P2/c1-15(2,13-9-5-3-6-10-13)16(17,18)14-11-7-4-8-12-14/h3-12H,17-18H2,1-2H3. The molecule has 0 amide bonds. The first kappa shape index (κ1) is 13.7. The van der Waals surface area contributed by atoms with Crippen molar-refractivity contribution in [2.24, 2.45) is 0 Å². The van der Waals surface area contributed by atoms with Gasteiger partial charge in [0.15, 0.2) is 0 Å². The van der Waals surface area contributed by atoms with E-state index in [1.54, 1.807) is 0 Å². The molecule has 94 valence electrons. The van der Waals surface area contributed by atoms with Crippen molar-refractivity contribution in [1.29, 1.82) is 0 Å². The molecule has 0 saturated heterocycles. The van der Waals surface area contributed by atoms with Gasteiger partial charge in [0.1, 0.15) is 0 Å². The average Bonchev–Trinajstić information content (AvgIpc) is 2.40. The van der Waals surface area contributed by atoms with Crippen LogP contribution in [0.2, 0.25) is 0 Å². The first-order valence-electron chi connectivity index (χ1n) is 6.15. The number of hydrogen-bond donors (Lipinski definition) is 0. The van der Waals surface area contributed by atoms with Gasteiger partial charge in [0.05, 0.1) is 0 Å². The second-order valence-corrected chi connectivity index (χ2v) is 7.71. The minimum atomic E-state index is -0.0738. The van der Waals surface area contributed by atoms with Crippen LogP contribution in [0, 0.1) is 0 Å². The molecule has 0 spiro atoms. The Balaban J connectivity index is 2.47. The maximum atomic E-state index is 3.01. The van der Waals surface area contributed by atoms with Crippen LogP contribution in [-0.2, 0) is 10.3 Å². The second kappa shape index (κ2) is 5.12. The van der Waals surface area contributed by atoms with E-state index in [1.807, 2.05) is 0 Å². The molecule has 2 aromatic carbocycles. The largest absolute Gasteiger partial charge is 0.121 e. The lowest BCUT2D eigenvalue weighted by molar-refractivity contribution is 0.477. The monoisotopic (exact) mass is 274 g/mol. The summed E-state index contributed by atoms with van der Waals surface area (Å²) in [7, 11) is 6.02. The van der Waals surface area contributed by atoms with Crippen molar-refractivity contribution < 1.29 is 0 Å². The topological polar surface area (TPSA) is 0 Å². The zero-order valence-electron chi connectivity index (χ0n) is 10.9. The van der Waals surface area contributed by atoms with Crippen molar-refractivity contribution in [3.8, 4) is 0 Å². The highest BCUT2D eigenvalue weighted by Crippen LogP contribution is 2.53. The SMILES string of the molecule is CC(C)(c1ccccc1)C(P)(P)c1ccccc1. The molecule has 2 unspecified atom stereocenters. The van der Waals surface area contributed by atoms with Gasteiger partial charge in [-0.2, -0.15) is 0 Å². The van der Waals surface area contributed by atoms with Crippen LogP contribution in [0.5, 0.6) is 0 Å². The number of hydrogen-bond acceptors (Lipinski definition) is 0. The summed E-state index contributed by atoms with van der Waals surface area (Å²) in [6, 6.07) is 21.3. The quantitative estimate of drug-likeness (QED) is 0.719. The molecule has 0 aliphatic carbocycles. The Hall–Kier alpha value is -0.700. The van der Waals surface area contributed by atoms with E-state index in [9.17, 15) is 0 Å². The van der Waals surface area contributed by atoms with Crippen LogP contribution < -0.4 is 0 Å². The molecule has 0 fully saturated rings. The third-order valence-electron chi connectivity index (χ3n) is 3.78. The molecule has 0 aliphatic heterocycles. The van der Waals surface area contributed by atoms with E-state index in [1.165, 1.54) is 11.1 Å². The van der Waals surface area contributed by atoms with Crippen molar-refractivity contribution in [1.82, 2.24) is 0 Å². The molecule has 0 radical (unpaired) electrons. The molecular weight excluding hydrogens is 254 g/mol. The molecule has 0 bridgehead atoms. The van der Waals surface area contributed by atoms with Gasteiger partial charge in [-0.05, 0) is 11.1 Å². The average molecular weight is 274 g/mol. The van der Waals surface area contributed by atoms with Gasteiger partial charge >= 0.3 is 0 Å². The highest BCUT2D eigenvalue weighted by atomic mass is 31.1.